The van der Waals surface area contributed by atoms with E-state index in [0.717, 1.165) is 45.5 Å². The zero-order chi connectivity index (χ0) is 32.7. The summed E-state index contributed by atoms with van der Waals surface area (Å²) in [6, 6.07) is 15.9. The molecule has 0 saturated carbocycles. The molecule has 0 aliphatic carbocycles. The highest BCUT2D eigenvalue weighted by Crippen LogP contribution is 2.31. The molecule has 6 N–H and O–H groups in total. The molecule has 1 aromatic heterocycles. The Morgan fingerprint density at radius 3 is 2.41 bits per heavy atom. The first-order valence-corrected chi connectivity index (χ1v) is 13.4. The van der Waals surface area contributed by atoms with E-state index in [2.05, 4.69) is 37.5 Å². The summed E-state index contributed by atoms with van der Waals surface area (Å²) in [5.41, 5.74) is 8.43. The molecule has 0 atom stereocenters. The molecule has 0 radical (unpaired) electrons. The number of nitrogens with zero attached hydrogens (tertiary/aromatic N) is 4. The molecule has 0 aliphatic rings. The molecule has 3 aromatic carbocycles. The summed E-state index contributed by atoms with van der Waals surface area (Å²) in [5.74, 6) is 4.00. The van der Waals surface area contributed by atoms with Crippen molar-refractivity contribution < 1.29 is 22.8 Å². The van der Waals surface area contributed by atoms with E-state index in [4.69, 9.17) is 0 Å². The van der Waals surface area contributed by atoms with Gasteiger partial charge >= 0.3 is 6.18 Å². The van der Waals surface area contributed by atoms with Crippen molar-refractivity contribution in [3.8, 4) is 0 Å². The Morgan fingerprint density at radius 2 is 1.80 bits per heavy atom. The third-order valence-corrected chi connectivity index (χ3v) is 6.07. The molecule has 4 rings (SSSR count). The highest BCUT2D eigenvalue weighted by Gasteiger charge is 2.30. The van der Waals surface area contributed by atoms with E-state index in [-0.39, 0.29) is 18.8 Å². The van der Waals surface area contributed by atoms with Gasteiger partial charge in [0.15, 0.2) is 0 Å². The molecule has 11 nitrogen and oxygen atoms in total. The predicted molar refractivity (Wildman–Crippen MR) is 168 cm³/mol. The third-order valence-electron chi connectivity index (χ3n) is 6.07. The average molecular weight is 614 g/mol. The van der Waals surface area contributed by atoms with Crippen molar-refractivity contribution in [3.05, 3.63) is 83.6 Å². The largest absolute Gasteiger partial charge is 0.416 e. The number of aromatic nitrogens is 2. The Bertz CT molecular complexity index is 1540. The smallest absolute Gasteiger partial charge is 0.355 e. The van der Waals surface area contributed by atoms with Crippen LogP contribution < -0.4 is 27.3 Å². The number of nitrogens with one attached hydrogen (secondary N) is 4. The lowest BCUT2D eigenvalue weighted by Gasteiger charge is -2.20. The molecule has 0 aliphatic heterocycles. The average Bonchev–Trinajstić information content (AvgIpc) is 3.35. The summed E-state index contributed by atoms with van der Waals surface area (Å²) in [4.78, 5) is 25.4. The van der Waals surface area contributed by atoms with Crippen molar-refractivity contribution in [2.75, 3.05) is 31.3 Å². The lowest BCUT2D eigenvalue weighted by molar-refractivity contribution is -0.137. The van der Waals surface area contributed by atoms with Gasteiger partial charge in [0, 0.05) is 49.3 Å². The Hall–Kier alpha value is -4.95. The number of fused-ring (bicyclic) bond motifs is 1. The van der Waals surface area contributed by atoms with Crippen LogP contribution in [-0.2, 0) is 29.4 Å². The van der Waals surface area contributed by atoms with Gasteiger partial charge < -0.3 is 21.0 Å². The van der Waals surface area contributed by atoms with Crippen molar-refractivity contribution >= 4 is 46.5 Å². The van der Waals surface area contributed by atoms with Crippen molar-refractivity contribution in [1.82, 2.24) is 25.5 Å². The molecule has 0 bridgehead atoms. The number of benzene rings is 3. The van der Waals surface area contributed by atoms with Gasteiger partial charge in [0.25, 0.3) is 0 Å². The molecule has 236 valence electrons. The van der Waals surface area contributed by atoms with Crippen molar-refractivity contribution in [3.63, 3.8) is 0 Å². The molecule has 4 aromatic rings. The molecular weight excluding hydrogens is 575 g/mol. The van der Waals surface area contributed by atoms with Crippen LogP contribution in [0.25, 0.3) is 10.9 Å². The number of halogens is 3. The lowest BCUT2D eigenvalue weighted by Crippen LogP contribution is -2.32. The second-order valence-corrected chi connectivity index (χ2v) is 9.29. The fourth-order valence-corrected chi connectivity index (χ4v) is 4.02. The van der Waals surface area contributed by atoms with Gasteiger partial charge in [-0.3, -0.25) is 25.5 Å². The fourth-order valence-electron chi connectivity index (χ4n) is 4.02. The van der Waals surface area contributed by atoms with E-state index in [1.807, 2.05) is 57.3 Å². The quantitative estimate of drug-likeness (QED) is 0.0808. The van der Waals surface area contributed by atoms with Crippen LogP contribution >= 0.6 is 0 Å². The molecule has 2 amide bonds. The fraction of sp³-hybridized carbons (Fsp3) is 0.267. The number of aryl methyl sites for hydroxylation is 1. The molecule has 1 heterocycles. The lowest BCUT2D eigenvalue weighted by atomic mass is 10.1. The first-order chi connectivity index (χ1) is 21.0. The highest BCUT2D eigenvalue weighted by molar-refractivity contribution is 5.93. The van der Waals surface area contributed by atoms with Crippen molar-refractivity contribution in [2.24, 2.45) is 18.0 Å². The molecule has 0 spiro atoms. The summed E-state index contributed by atoms with van der Waals surface area (Å²) >= 11 is 0. The molecule has 0 unspecified atom stereocenters. The number of carbonyl (C=O) groups is 2. The predicted octanol–water partition coefficient (Wildman–Crippen LogP) is 4.53. The van der Waals surface area contributed by atoms with Crippen molar-refractivity contribution in [2.45, 2.75) is 26.6 Å². The highest BCUT2D eigenvalue weighted by atomic mass is 19.4. The standard InChI is InChI=1S/C26H24F3N5O2.C3H8N2.CH6N2/c1-17-18(5-3-8-23(17)31-22-9-10-24-19(11-22)13-30-33(24)2)14-34(16-35)15-25(36)32-21-7-4-6-20(12-21)26(27,28)29;1-3-5-4-2;1-3-2/h3-13,16,31H,14-15H2,1-2H3,(H,32,36);3-4H,1-2H3;3H,2H2,1H3/b;5-3-;. The van der Waals surface area contributed by atoms with E-state index < -0.39 is 17.6 Å². The number of rotatable bonds is 9. The van der Waals surface area contributed by atoms with E-state index in [1.54, 1.807) is 31.2 Å². The zero-order valence-electron chi connectivity index (χ0n) is 25.2. The Labute approximate surface area is 254 Å². The SMILES string of the molecule is C/C=N\NC.CNN.Cc1c(CN(C=O)CC(=O)Nc2cccc(C(F)(F)F)c2)cccc1Nc1ccc2c(cnn2C)c1. The first-order valence-electron chi connectivity index (χ1n) is 13.4. The number of anilines is 3. The van der Waals surface area contributed by atoms with Crippen LogP contribution in [0, 0.1) is 6.92 Å². The van der Waals surface area contributed by atoms with Crippen LogP contribution in [0.3, 0.4) is 0 Å². The number of nitrogens with two attached hydrogens (primary N) is 1. The van der Waals surface area contributed by atoms with Crippen LogP contribution in [0.2, 0.25) is 0 Å². The monoisotopic (exact) mass is 613 g/mol. The number of hydrogen-bond donors (Lipinski definition) is 5. The minimum absolute atomic E-state index is 0.00800. The molecule has 0 saturated heterocycles. The van der Waals surface area contributed by atoms with Gasteiger partial charge in [0.1, 0.15) is 0 Å². The topological polar surface area (TPSA) is 142 Å². The van der Waals surface area contributed by atoms with E-state index in [0.29, 0.717) is 6.41 Å². The van der Waals surface area contributed by atoms with Gasteiger partial charge in [-0.05, 0) is 74.5 Å². The number of carbonyl (C=O) groups excluding carboxylic acids is 2. The van der Waals surface area contributed by atoms with Gasteiger partial charge in [-0.15, -0.1) is 0 Å². The molecular formula is C30H38F3N9O2. The summed E-state index contributed by atoms with van der Waals surface area (Å²) < 4.78 is 40.5. The summed E-state index contributed by atoms with van der Waals surface area (Å²) in [6.07, 6.45) is -0.492. The maximum atomic E-state index is 12.9. The second kappa shape index (κ2) is 17.2. The van der Waals surface area contributed by atoms with Crippen LogP contribution in [0.15, 0.2) is 72.0 Å². The van der Waals surface area contributed by atoms with E-state index in [9.17, 15) is 22.8 Å². The maximum Gasteiger partial charge on any atom is 0.416 e. The summed E-state index contributed by atoms with van der Waals surface area (Å²) in [6.45, 7) is 3.61. The normalized spacial score (nSPS) is 10.8. The van der Waals surface area contributed by atoms with Gasteiger partial charge in [-0.2, -0.15) is 23.4 Å². The minimum Gasteiger partial charge on any atom is -0.355 e. The number of amides is 2. The Morgan fingerprint density at radius 1 is 1.09 bits per heavy atom. The molecule has 44 heavy (non-hydrogen) atoms. The number of hydrazine groups is 1. The van der Waals surface area contributed by atoms with Crippen LogP contribution in [-0.4, -0.2) is 53.9 Å². The first kappa shape index (κ1) is 35.2. The van der Waals surface area contributed by atoms with Crippen LogP contribution in [0.1, 0.15) is 23.6 Å². The summed E-state index contributed by atoms with van der Waals surface area (Å²) in [7, 11) is 5.29. The molecule has 0 fully saturated rings. The van der Waals surface area contributed by atoms with Gasteiger partial charge in [0.05, 0.1) is 23.8 Å². The van der Waals surface area contributed by atoms with E-state index >= 15 is 0 Å². The second-order valence-electron chi connectivity index (χ2n) is 9.29. The van der Waals surface area contributed by atoms with Crippen molar-refractivity contribution in [1.29, 1.82) is 0 Å². The zero-order valence-corrected chi connectivity index (χ0v) is 25.2. The number of hydrogen-bond acceptors (Lipinski definition) is 8. The molecule has 14 heteroatoms. The number of hydrazone groups is 1. The number of alkyl halides is 3. The third kappa shape index (κ3) is 10.7. The Balaban J connectivity index is 0.000000754. The van der Waals surface area contributed by atoms with Gasteiger partial charge in [0.2, 0.25) is 12.3 Å². The van der Waals surface area contributed by atoms with E-state index in [1.165, 1.54) is 17.0 Å². The summed E-state index contributed by atoms with van der Waals surface area (Å²) in [5, 5.41) is 14.6. The van der Waals surface area contributed by atoms with Crippen LogP contribution in [0.4, 0.5) is 30.2 Å². The van der Waals surface area contributed by atoms with Gasteiger partial charge in [-0.1, -0.05) is 18.2 Å². The van der Waals surface area contributed by atoms with Gasteiger partial charge in [-0.25, -0.2) is 0 Å². The minimum atomic E-state index is -4.52. The Kier molecular flexibility index (Phi) is 13.8. The maximum absolute atomic E-state index is 12.9. The van der Waals surface area contributed by atoms with Crippen LogP contribution in [0.5, 0.6) is 0 Å².